The molecule has 0 aliphatic heterocycles. The summed E-state index contributed by atoms with van der Waals surface area (Å²) in [6.07, 6.45) is 1.44. The normalized spacial score (nSPS) is 10.5. The molecule has 0 aliphatic carbocycles. The fourth-order valence-electron chi connectivity index (χ4n) is 2.99. The van der Waals surface area contributed by atoms with E-state index in [1.54, 1.807) is 18.2 Å². The predicted molar refractivity (Wildman–Crippen MR) is 116 cm³/mol. The lowest BCUT2D eigenvalue weighted by Crippen LogP contribution is -2.12. The van der Waals surface area contributed by atoms with Crippen molar-refractivity contribution >= 4 is 33.8 Å². The Morgan fingerprint density at radius 3 is 2.38 bits per heavy atom. The highest BCUT2D eigenvalue weighted by Crippen LogP contribution is 2.31. The van der Waals surface area contributed by atoms with Crippen molar-refractivity contribution in [2.75, 3.05) is 10.6 Å². The van der Waals surface area contributed by atoms with Crippen LogP contribution in [0.15, 0.2) is 83.5 Å². The van der Waals surface area contributed by atoms with Crippen molar-refractivity contribution in [1.29, 1.82) is 0 Å². The molecule has 29 heavy (non-hydrogen) atoms. The van der Waals surface area contributed by atoms with Gasteiger partial charge in [-0.1, -0.05) is 48.5 Å². The summed E-state index contributed by atoms with van der Waals surface area (Å²) in [7, 11) is 0. The Bertz CT molecular complexity index is 1150. The summed E-state index contributed by atoms with van der Waals surface area (Å²) in [6, 6.07) is 22.6. The van der Waals surface area contributed by atoms with Crippen molar-refractivity contribution in [3.05, 3.63) is 95.3 Å². The fraction of sp³-hybridized carbons (Fsp3) is 0.0435. The number of amides is 2. The van der Waals surface area contributed by atoms with Crippen LogP contribution in [0.25, 0.3) is 11.1 Å². The number of para-hydroxylation sites is 1. The maximum atomic E-state index is 12.9. The molecule has 2 heterocycles. The van der Waals surface area contributed by atoms with E-state index in [0.717, 1.165) is 22.4 Å². The molecule has 4 aromatic rings. The molecule has 144 valence electrons. The average Bonchev–Trinajstić information content (AvgIpc) is 3.39. The van der Waals surface area contributed by atoms with Gasteiger partial charge in [0.15, 0.2) is 5.76 Å². The van der Waals surface area contributed by atoms with E-state index in [4.69, 9.17) is 4.42 Å². The van der Waals surface area contributed by atoms with Gasteiger partial charge in [0.2, 0.25) is 0 Å². The van der Waals surface area contributed by atoms with Gasteiger partial charge in [-0.3, -0.25) is 9.59 Å². The summed E-state index contributed by atoms with van der Waals surface area (Å²) in [5.41, 5.74) is 3.50. The van der Waals surface area contributed by atoms with Crippen LogP contribution < -0.4 is 10.6 Å². The van der Waals surface area contributed by atoms with E-state index < -0.39 is 0 Å². The maximum absolute atomic E-state index is 12.9. The van der Waals surface area contributed by atoms with E-state index in [-0.39, 0.29) is 17.6 Å². The van der Waals surface area contributed by atoms with Crippen molar-refractivity contribution in [2.45, 2.75) is 6.92 Å². The van der Waals surface area contributed by atoms with E-state index in [1.165, 1.54) is 17.6 Å². The topological polar surface area (TPSA) is 71.3 Å². The SMILES string of the molecule is Cc1cc(NC(=O)c2ccco2)sc1C(=O)Nc1ccccc1-c1ccccc1. The largest absolute Gasteiger partial charge is 0.459 e. The lowest BCUT2D eigenvalue weighted by molar-refractivity contribution is 0.0995. The zero-order valence-corrected chi connectivity index (χ0v) is 16.5. The number of carbonyl (C=O) groups excluding carboxylic acids is 2. The zero-order chi connectivity index (χ0) is 20.2. The molecule has 0 unspecified atom stereocenters. The Kier molecular flexibility index (Phi) is 5.27. The van der Waals surface area contributed by atoms with Gasteiger partial charge in [0, 0.05) is 11.3 Å². The van der Waals surface area contributed by atoms with Crippen molar-refractivity contribution in [3.8, 4) is 11.1 Å². The van der Waals surface area contributed by atoms with Gasteiger partial charge in [-0.15, -0.1) is 11.3 Å². The molecule has 2 aromatic carbocycles. The summed E-state index contributed by atoms with van der Waals surface area (Å²) >= 11 is 1.23. The predicted octanol–water partition coefficient (Wildman–Crippen LogP) is 5.82. The van der Waals surface area contributed by atoms with Crippen molar-refractivity contribution in [1.82, 2.24) is 0 Å². The molecule has 0 aliphatic rings. The van der Waals surface area contributed by atoms with Crippen molar-refractivity contribution < 1.29 is 14.0 Å². The number of thiophene rings is 1. The molecule has 2 N–H and O–H groups in total. The number of benzene rings is 2. The molecule has 6 heteroatoms. The quantitative estimate of drug-likeness (QED) is 0.442. The molecule has 2 amide bonds. The molecule has 0 saturated heterocycles. The fourth-order valence-corrected chi connectivity index (χ4v) is 3.95. The minimum absolute atomic E-state index is 0.214. The minimum atomic E-state index is -0.349. The second-order valence-electron chi connectivity index (χ2n) is 6.42. The van der Waals surface area contributed by atoms with E-state index in [1.807, 2.05) is 61.5 Å². The Hall–Kier alpha value is -3.64. The number of anilines is 2. The highest BCUT2D eigenvalue weighted by atomic mass is 32.1. The molecule has 0 fully saturated rings. The Morgan fingerprint density at radius 1 is 0.862 bits per heavy atom. The molecule has 0 bridgehead atoms. The molecule has 0 spiro atoms. The number of rotatable bonds is 5. The van der Waals surface area contributed by atoms with Gasteiger partial charge in [-0.2, -0.15) is 0 Å². The Balaban J connectivity index is 1.54. The van der Waals surface area contributed by atoms with Crippen molar-refractivity contribution in [2.24, 2.45) is 0 Å². The van der Waals surface area contributed by atoms with Gasteiger partial charge < -0.3 is 15.1 Å². The molecule has 0 saturated carbocycles. The van der Waals surface area contributed by atoms with E-state index in [0.29, 0.717) is 9.88 Å². The van der Waals surface area contributed by atoms with E-state index >= 15 is 0 Å². The third-order valence-electron chi connectivity index (χ3n) is 4.37. The number of hydrogen-bond acceptors (Lipinski definition) is 4. The molecular formula is C23H18N2O3S. The molecule has 5 nitrogen and oxygen atoms in total. The first-order valence-electron chi connectivity index (χ1n) is 9.03. The number of furan rings is 1. The standard InChI is InChI=1S/C23H18N2O3S/c1-15-14-20(25-22(26)19-12-7-13-28-19)29-21(15)23(27)24-18-11-6-5-10-17(18)16-8-3-2-4-9-16/h2-14H,1H3,(H,24,27)(H,25,26). The van der Waals surface area contributed by atoms with E-state index in [2.05, 4.69) is 10.6 Å². The first-order valence-corrected chi connectivity index (χ1v) is 9.84. The molecular weight excluding hydrogens is 384 g/mol. The van der Waals surface area contributed by atoms with Gasteiger partial charge in [0.05, 0.1) is 16.1 Å². The lowest BCUT2D eigenvalue weighted by Gasteiger charge is -2.11. The number of nitrogens with one attached hydrogen (secondary N) is 2. The number of aryl methyl sites for hydroxylation is 1. The van der Waals surface area contributed by atoms with Gasteiger partial charge in [0.1, 0.15) is 0 Å². The summed E-state index contributed by atoms with van der Waals surface area (Å²) in [5, 5.41) is 6.36. The lowest BCUT2D eigenvalue weighted by atomic mass is 10.0. The first-order chi connectivity index (χ1) is 14.1. The third kappa shape index (κ3) is 4.12. The van der Waals surface area contributed by atoms with Crippen LogP contribution in [0.2, 0.25) is 0 Å². The summed E-state index contributed by atoms with van der Waals surface area (Å²) in [5.74, 6) is -0.342. The van der Waals surface area contributed by atoms with Crippen LogP contribution in [-0.2, 0) is 0 Å². The summed E-state index contributed by atoms with van der Waals surface area (Å²) in [6.45, 7) is 1.84. The second-order valence-corrected chi connectivity index (χ2v) is 7.47. The highest BCUT2D eigenvalue weighted by Gasteiger charge is 2.17. The zero-order valence-electron chi connectivity index (χ0n) is 15.6. The van der Waals surface area contributed by atoms with Crippen LogP contribution in [0.4, 0.5) is 10.7 Å². The molecule has 2 aromatic heterocycles. The molecule has 4 rings (SSSR count). The average molecular weight is 402 g/mol. The number of carbonyl (C=O) groups is 2. The summed E-state index contributed by atoms with van der Waals surface area (Å²) in [4.78, 5) is 25.6. The monoisotopic (exact) mass is 402 g/mol. The second kappa shape index (κ2) is 8.16. The van der Waals surface area contributed by atoms with Crippen LogP contribution >= 0.6 is 11.3 Å². The van der Waals surface area contributed by atoms with Crippen LogP contribution in [0.5, 0.6) is 0 Å². The van der Waals surface area contributed by atoms with E-state index in [9.17, 15) is 9.59 Å². The Labute approximate surface area is 172 Å². The summed E-state index contributed by atoms with van der Waals surface area (Å²) < 4.78 is 5.10. The number of hydrogen-bond donors (Lipinski definition) is 2. The first kappa shape index (κ1) is 18.7. The molecule has 0 radical (unpaired) electrons. The van der Waals surface area contributed by atoms with Crippen molar-refractivity contribution in [3.63, 3.8) is 0 Å². The van der Waals surface area contributed by atoms with Crippen LogP contribution in [-0.4, -0.2) is 11.8 Å². The minimum Gasteiger partial charge on any atom is -0.459 e. The highest BCUT2D eigenvalue weighted by molar-refractivity contribution is 7.18. The van der Waals surface area contributed by atoms with Gasteiger partial charge in [0.25, 0.3) is 11.8 Å². The molecule has 0 atom stereocenters. The smallest absolute Gasteiger partial charge is 0.291 e. The van der Waals surface area contributed by atoms with Gasteiger partial charge in [-0.05, 0) is 42.3 Å². The Morgan fingerprint density at radius 2 is 1.62 bits per heavy atom. The van der Waals surface area contributed by atoms with Crippen LogP contribution in [0.1, 0.15) is 25.8 Å². The van der Waals surface area contributed by atoms with Crippen LogP contribution in [0.3, 0.4) is 0 Å². The maximum Gasteiger partial charge on any atom is 0.291 e. The van der Waals surface area contributed by atoms with Gasteiger partial charge >= 0.3 is 0 Å². The van der Waals surface area contributed by atoms with Crippen LogP contribution in [0, 0.1) is 6.92 Å². The third-order valence-corrected chi connectivity index (χ3v) is 5.52. The van der Waals surface area contributed by atoms with Gasteiger partial charge in [-0.25, -0.2) is 0 Å².